The van der Waals surface area contributed by atoms with Crippen LogP contribution in [0.2, 0.25) is 0 Å². The van der Waals surface area contributed by atoms with Gasteiger partial charge in [0.05, 0.1) is 4.90 Å². The van der Waals surface area contributed by atoms with Crippen molar-refractivity contribution in [1.82, 2.24) is 14.2 Å². The summed E-state index contributed by atoms with van der Waals surface area (Å²) in [6, 6.07) is 5.96. The number of nitrogen functional groups attached to an aromatic ring is 1. The minimum atomic E-state index is -3.68. The van der Waals surface area contributed by atoms with Crippen molar-refractivity contribution >= 4 is 15.7 Å². The molecule has 0 radical (unpaired) electrons. The number of nitrogens with zero attached hydrogens (tertiary/aromatic N) is 3. The van der Waals surface area contributed by atoms with Gasteiger partial charge >= 0.3 is 0 Å². The maximum absolute atomic E-state index is 12.2. The van der Waals surface area contributed by atoms with Gasteiger partial charge in [0.25, 0.3) is 10.0 Å². The molecule has 7 heteroatoms. The Kier molecular flexibility index (Phi) is 3.08. The molecular formula is C11H14N4O2S. The molecule has 96 valence electrons. The van der Waals surface area contributed by atoms with Crippen molar-refractivity contribution in [2.45, 2.75) is 24.7 Å². The first-order valence-corrected chi connectivity index (χ1v) is 6.88. The molecule has 0 bridgehead atoms. The highest BCUT2D eigenvalue weighted by atomic mass is 32.2. The van der Waals surface area contributed by atoms with Gasteiger partial charge < -0.3 is 5.73 Å². The van der Waals surface area contributed by atoms with Crippen LogP contribution < -0.4 is 5.73 Å². The largest absolute Gasteiger partial charge is 0.399 e. The Morgan fingerprint density at radius 2 is 1.83 bits per heavy atom. The Balaban J connectivity index is 2.44. The third kappa shape index (κ3) is 2.21. The summed E-state index contributed by atoms with van der Waals surface area (Å²) in [5, 5.41) is 3.97. The molecule has 1 aromatic carbocycles. The molecule has 0 saturated heterocycles. The number of aromatic nitrogens is 3. The SMILES string of the molecule is CC(C)c1ncn(S(=O)(=O)c2ccc(N)cc2)n1. The average molecular weight is 266 g/mol. The molecule has 0 unspecified atom stereocenters. The van der Waals surface area contributed by atoms with E-state index < -0.39 is 10.0 Å². The predicted molar refractivity (Wildman–Crippen MR) is 67.5 cm³/mol. The van der Waals surface area contributed by atoms with Crippen LogP contribution in [-0.2, 0) is 10.0 Å². The van der Waals surface area contributed by atoms with Crippen LogP contribution in [-0.4, -0.2) is 22.6 Å². The summed E-state index contributed by atoms with van der Waals surface area (Å²) in [4.78, 5) is 4.11. The summed E-state index contributed by atoms with van der Waals surface area (Å²) >= 11 is 0. The second-order valence-corrected chi connectivity index (χ2v) is 6.00. The molecule has 0 saturated carbocycles. The molecule has 1 aromatic heterocycles. The summed E-state index contributed by atoms with van der Waals surface area (Å²) in [7, 11) is -3.68. The van der Waals surface area contributed by atoms with Crippen LogP contribution >= 0.6 is 0 Å². The van der Waals surface area contributed by atoms with Crippen LogP contribution in [0, 0.1) is 0 Å². The second-order valence-electron chi connectivity index (χ2n) is 4.20. The molecule has 2 rings (SSSR count). The molecule has 0 fully saturated rings. The topological polar surface area (TPSA) is 90.9 Å². The number of anilines is 1. The first kappa shape index (κ1) is 12.6. The predicted octanol–water partition coefficient (Wildman–Crippen LogP) is 1.22. The Hall–Kier alpha value is -1.89. The highest BCUT2D eigenvalue weighted by Gasteiger charge is 2.19. The van der Waals surface area contributed by atoms with Gasteiger partial charge in [-0.25, -0.2) is 4.98 Å². The van der Waals surface area contributed by atoms with E-state index >= 15 is 0 Å². The Bertz CT molecular complexity index is 644. The molecule has 6 nitrogen and oxygen atoms in total. The first-order valence-electron chi connectivity index (χ1n) is 5.44. The van der Waals surface area contributed by atoms with Gasteiger partial charge in [0.2, 0.25) is 0 Å². The number of nitrogens with two attached hydrogens (primary N) is 1. The van der Waals surface area contributed by atoms with Crippen LogP contribution in [0.5, 0.6) is 0 Å². The third-order valence-electron chi connectivity index (χ3n) is 2.43. The van der Waals surface area contributed by atoms with Crippen molar-refractivity contribution in [3.8, 4) is 0 Å². The van der Waals surface area contributed by atoms with Gasteiger partial charge in [0.1, 0.15) is 6.33 Å². The summed E-state index contributed by atoms with van der Waals surface area (Å²) in [5.41, 5.74) is 6.03. The average Bonchev–Trinajstić information content (AvgIpc) is 2.79. The molecule has 2 N–H and O–H groups in total. The van der Waals surface area contributed by atoms with Crippen LogP contribution in [0.25, 0.3) is 0 Å². The minimum absolute atomic E-state index is 0.0767. The fraction of sp³-hybridized carbons (Fsp3) is 0.273. The number of rotatable bonds is 3. The zero-order valence-corrected chi connectivity index (χ0v) is 10.9. The number of benzene rings is 1. The van der Waals surface area contributed by atoms with E-state index in [9.17, 15) is 8.42 Å². The van der Waals surface area contributed by atoms with E-state index in [1.165, 1.54) is 30.6 Å². The second kappa shape index (κ2) is 4.41. The molecule has 0 aliphatic carbocycles. The standard InChI is InChI=1S/C11H14N4O2S/c1-8(2)11-13-7-15(14-11)18(16,17)10-5-3-9(12)4-6-10/h3-8H,12H2,1-2H3. The fourth-order valence-corrected chi connectivity index (χ4v) is 2.45. The van der Waals surface area contributed by atoms with E-state index in [2.05, 4.69) is 10.1 Å². The van der Waals surface area contributed by atoms with Crippen LogP contribution in [0.3, 0.4) is 0 Å². The quantitative estimate of drug-likeness (QED) is 0.843. The van der Waals surface area contributed by atoms with Gasteiger partial charge in [-0.2, -0.15) is 8.42 Å². The molecule has 0 aliphatic heterocycles. The fourth-order valence-electron chi connectivity index (χ4n) is 1.39. The molecule has 0 amide bonds. The molecule has 2 aromatic rings. The Labute approximate surface area is 106 Å². The van der Waals surface area contributed by atoms with E-state index in [0.29, 0.717) is 11.5 Å². The van der Waals surface area contributed by atoms with Crippen LogP contribution in [0.4, 0.5) is 5.69 Å². The van der Waals surface area contributed by atoms with E-state index in [1.54, 1.807) is 0 Å². The van der Waals surface area contributed by atoms with Gasteiger partial charge in [-0.1, -0.05) is 13.8 Å². The molecule has 0 spiro atoms. The Morgan fingerprint density at radius 3 is 2.33 bits per heavy atom. The lowest BCUT2D eigenvalue weighted by Crippen LogP contribution is -2.14. The van der Waals surface area contributed by atoms with Gasteiger partial charge in [-0.05, 0) is 24.3 Å². The van der Waals surface area contributed by atoms with Gasteiger partial charge in [-0.15, -0.1) is 9.19 Å². The van der Waals surface area contributed by atoms with Crippen molar-refractivity contribution < 1.29 is 8.42 Å². The van der Waals surface area contributed by atoms with Gasteiger partial charge in [-0.3, -0.25) is 0 Å². The molecule has 1 heterocycles. The molecular weight excluding hydrogens is 252 g/mol. The number of hydrogen-bond donors (Lipinski definition) is 1. The highest BCUT2D eigenvalue weighted by Crippen LogP contribution is 2.16. The monoisotopic (exact) mass is 266 g/mol. The lowest BCUT2D eigenvalue weighted by Gasteiger charge is -2.03. The van der Waals surface area contributed by atoms with E-state index in [1.807, 2.05) is 13.8 Å². The summed E-state index contributed by atoms with van der Waals surface area (Å²) < 4.78 is 25.3. The zero-order valence-electron chi connectivity index (χ0n) is 10.1. The van der Waals surface area contributed by atoms with Crippen molar-refractivity contribution in [3.63, 3.8) is 0 Å². The molecule has 18 heavy (non-hydrogen) atoms. The lowest BCUT2D eigenvalue weighted by molar-refractivity contribution is 0.578. The lowest BCUT2D eigenvalue weighted by atomic mass is 10.2. The summed E-state index contributed by atoms with van der Waals surface area (Å²) in [6.45, 7) is 3.80. The smallest absolute Gasteiger partial charge is 0.284 e. The number of hydrogen-bond acceptors (Lipinski definition) is 5. The van der Waals surface area contributed by atoms with E-state index in [0.717, 1.165) is 4.09 Å². The van der Waals surface area contributed by atoms with Crippen LogP contribution in [0.15, 0.2) is 35.5 Å². The van der Waals surface area contributed by atoms with E-state index in [-0.39, 0.29) is 10.8 Å². The van der Waals surface area contributed by atoms with Gasteiger partial charge in [0, 0.05) is 11.6 Å². The van der Waals surface area contributed by atoms with Crippen molar-refractivity contribution in [1.29, 1.82) is 0 Å². The van der Waals surface area contributed by atoms with Crippen molar-refractivity contribution in [2.24, 2.45) is 0 Å². The summed E-state index contributed by atoms with van der Waals surface area (Å²) in [6.07, 6.45) is 1.21. The molecule has 0 atom stereocenters. The zero-order chi connectivity index (χ0) is 13.3. The third-order valence-corrected chi connectivity index (χ3v) is 3.97. The maximum Gasteiger partial charge on any atom is 0.284 e. The first-order chi connectivity index (χ1) is 8.41. The van der Waals surface area contributed by atoms with Crippen molar-refractivity contribution in [2.75, 3.05) is 5.73 Å². The van der Waals surface area contributed by atoms with Crippen molar-refractivity contribution in [3.05, 3.63) is 36.4 Å². The highest BCUT2D eigenvalue weighted by molar-refractivity contribution is 7.89. The van der Waals surface area contributed by atoms with Gasteiger partial charge in [0.15, 0.2) is 5.82 Å². The van der Waals surface area contributed by atoms with E-state index in [4.69, 9.17) is 5.73 Å². The Morgan fingerprint density at radius 1 is 1.22 bits per heavy atom. The normalized spacial score (nSPS) is 11.9. The minimum Gasteiger partial charge on any atom is -0.399 e. The maximum atomic E-state index is 12.2. The summed E-state index contributed by atoms with van der Waals surface area (Å²) in [5.74, 6) is 0.571. The van der Waals surface area contributed by atoms with Crippen LogP contribution in [0.1, 0.15) is 25.6 Å². The molecule has 0 aliphatic rings.